The van der Waals surface area contributed by atoms with E-state index in [-0.39, 0.29) is 0 Å². The molecule has 1 aromatic heterocycles. The molecule has 1 aromatic carbocycles. The monoisotopic (exact) mass is 306 g/mol. The highest BCUT2D eigenvalue weighted by Gasteiger charge is 2.03. The minimum atomic E-state index is 0.865. The maximum absolute atomic E-state index is 3.56. The largest absolute Gasteiger partial charge is 0.379 e. The van der Waals surface area contributed by atoms with Gasteiger partial charge in [0.1, 0.15) is 0 Å². The van der Waals surface area contributed by atoms with Crippen molar-refractivity contribution in [2.45, 2.75) is 33.4 Å². The van der Waals surface area contributed by atoms with Crippen LogP contribution in [0.1, 0.15) is 24.6 Å². The third-order valence-corrected chi connectivity index (χ3v) is 3.97. The van der Waals surface area contributed by atoms with Crippen LogP contribution in [0.25, 0.3) is 0 Å². The molecule has 0 saturated carbocycles. The third kappa shape index (κ3) is 2.96. The van der Waals surface area contributed by atoms with Crippen molar-refractivity contribution in [2.75, 3.05) is 5.32 Å². The number of aryl methyl sites for hydroxylation is 1. The maximum Gasteiger partial charge on any atom is 0.0553 e. The lowest BCUT2D eigenvalue weighted by molar-refractivity contribution is 0.654. The molecule has 0 unspecified atom stereocenters. The zero-order valence-corrected chi connectivity index (χ0v) is 12.5. The molecule has 0 spiro atoms. The van der Waals surface area contributed by atoms with E-state index >= 15 is 0 Å². The van der Waals surface area contributed by atoms with E-state index < -0.39 is 0 Å². The molecule has 2 rings (SSSR count). The summed E-state index contributed by atoms with van der Waals surface area (Å²) in [5.74, 6) is 0. The summed E-state index contributed by atoms with van der Waals surface area (Å²) in [4.78, 5) is 0. The highest BCUT2D eigenvalue weighted by atomic mass is 79.9. The first-order valence-electron chi connectivity index (χ1n) is 6.35. The van der Waals surface area contributed by atoms with Gasteiger partial charge in [0.25, 0.3) is 0 Å². The van der Waals surface area contributed by atoms with Crippen molar-refractivity contribution in [2.24, 2.45) is 0 Å². The van der Waals surface area contributed by atoms with Crippen LogP contribution in [0.5, 0.6) is 0 Å². The Hall–Kier alpha value is -1.22. The highest BCUT2D eigenvalue weighted by Crippen LogP contribution is 2.23. The summed E-state index contributed by atoms with van der Waals surface area (Å²) in [5.41, 5.74) is 3.77. The quantitative estimate of drug-likeness (QED) is 0.855. The molecule has 1 N–H and O–H groups in total. The summed E-state index contributed by atoms with van der Waals surface area (Å²) in [6.45, 7) is 6.28. The van der Waals surface area contributed by atoms with Crippen molar-refractivity contribution < 1.29 is 0 Å². The summed E-state index contributed by atoms with van der Waals surface area (Å²) >= 11 is 3.56. The van der Waals surface area contributed by atoms with E-state index in [4.69, 9.17) is 0 Å². The van der Waals surface area contributed by atoms with Crippen LogP contribution in [-0.2, 0) is 13.1 Å². The second kappa shape index (κ2) is 6.10. The van der Waals surface area contributed by atoms with E-state index in [2.05, 4.69) is 76.2 Å². The van der Waals surface area contributed by atoms with Gasteiger partial charge in [-0.15, -0.1) is 0 Å². The zero-order chi connectivity index (χ0) is 13.0. The summed E-state index contributed by atoms with van der Waals surface area (Å²) in [5, 5.41) is 3.50. The molecule has 0 aliphatic heterocycles. The van der Waals surface area contributed by atoms with E-state index in [0.717, 1.165) is 24.0 Å². The number of nitrogens with zero attached hydrogens (tertiary/aromatic N) is 1. The van der Waals surface area contributed by atoms with Gasteiger partial charge in [0.15, 0.2) is 0 Å². The molecule has 3 heteroatoms. The van der Waals surface area contributed by atoms with Crippen molar-refractivity contribution in [3.05, 3.63) is 52.3 Å². The molecular formula is C15H19BrN2. The minimum Gasteiger partial charge on any atom is -0.379 e. The Morgan fingerprint density at radius 3 is 2.83 bits per heavy atom. The number of hydrogen-bond donors (Lipinski definition) is 1. The molecule has 2 aromatic rings. The van der Waals surface area contributed by atoms with Gasteiger partial charge in [-0.3, -0.25) is 0 Å². The van der Waals surface area contributed by atoms with Gasteiger partial charge in [0.2, 0.25) is 0 Å². The van der Waals surface area contributed by atoms with Gasteiger partial charge in [-0.1, -0.05) is 28.9 Å². The lowest BCUT2D eigenvalue weighted by atomic mass is 10.2. The molecule has 0 amide bonds. The van der Waals surface area contributed by atoms with Gasteiger partial charge in [-0.2, -0.15) is 0 Å². The van der Waals surface area contributed by atoms with Crippen LogP contribution in [0, 0.1) is 6.92 Å². The second-order valence-corrected chi connectivity index (χ2v) is 5.31. The average Bonchev–Trinajstić information content (AvgIpc) is 2.79. The fourth-order valence-corrected chi connectivity index (χ4v) is 2.42. The Kier molecular flexibility index (Phi) is 4.48. The number of nitrogens with one attached hydrogen (secondary N) is 1. The lowest BCUT2D eigenvalue weighted by Crippen LogP contribution is -2.07. The first-order chi connectivity index (χ1) is 8.72. The summed E-state index contributed by atoms with van der Waals surface area (Å²) in [7, 11) is 0. The molecular weight excluding hydrogens is 288 g/mol. The fraction of sp³-hybridized carbons (Fsp3) is 0.333. The molecule has 0 radical (unpaired) electrons. The van der Waals surface area contributed by atoms with E-state index in [1.54, 1.807) is 0 Å². The first kappa shape index (κ1) is 13.2. The Bertz CT molecular complexity index is 517. The average molecular weight is 307 g/mol. The van der Waals surface area contributed by atoms with Crippen LogP contribution in [0.4, 0.5) is 5.69 Å². The van der Waals surface area contributed by atoms with Gasteiger partial charge in [-0.25, -0.2) is 0 Å². The summed E-state index contributed by atoms with van der Waals surface area (Å²) in [6, 6.07) is 10.5. The van der Waals surface area contributed by atoms with Crippen molar-refractivity contribution >= 4 is 21.6 Å². The molecule has 0 bridgehead atoms. The molecule has 0 fully saturated rings. The molecule has 1 heterocycles. The van der Waals surface area contributed by atoms with Gasteiger partial charge in [0, 0.05) is 28.6 Å². The van der Waals surface area contributed by atoms with Crippen molar-refractivity contribution in [1.82, 2.24) is 4.57 Å². The molecule has 96 valence electrons. The normalized spacial score (nSPS) is 10.6. The van der Waals surface area contributed by atoms with E-state index in [1.807, 2.05) is 0 Å². The standard InChI is InChI=1S/C15H19BrN2/c1-3-9-18-10-5-6-13(18)11-17-15-8-4-7-14(16)12(15)2/h4-8,10,17H,3,9,11H2,1-2H3. The summed E-state index contributed by atoms with van der Waals surface area (Å²) < 4.78 is 3.46. The molecule has 0 saturated heterocycles. The molecule has 18 heavy (non-hydrogen) atoms. The molecule has 0 aliphatic rings. The van der Waals surface area contributed by atoms with Crippen LogP contribution < -0.4 is 5.32 Å². The Morgan fingerprint density at radius 1 is 1.22 bits per heavy atom. The van der Waals surface area contributed by atoms with E-state index in [9.17, 15) is 0 Å². The Balaban J connectivity index is 2.07. The van der Waals surface area contributed by atoms with Crippen LogP contribution in [0.2, 0.25) is 0 Å². The summed E-state index contributed by atoms with van der Waals surface area (Å²) in [6.07, 6.45) is 3.31. The van der Waals surface area contributed by atoms with Crippen LogP contribution in [0.3, 0.4) is 0 Å². The van der Waals surface area contributed by atoms with Gasteiger partial charge in [0.05, 0.1) is 6.54 Å². The number of aromatic nitrogens is 1. The SMILES string of the molecule is CCCn1cccc1CNc1cccc(Br)c1C. The number of benzene rings is 1. The number of rotatable bonds is 5. The van der Waals surface area contributed by atoms with Crippen LogP contribution in [0.15, 0.2) is 41.0 Å². The Labute approximate surface area is 117 Å². The van der Waals surface area contributed by atoms with Crippen molar-refractivity contribution in [1.29, 1.82) is 0 Å². The highest BCUT2D eigenvalue weighted by molar-refractivity contribution is 9.10. The predicted molar refractivity (Wildman–Crippen MR) is 80.9 cm³/mol. The number of halogens is 1. The predicted octanol–water partition coefficient (Wildman–Crippen LogP) is 4.58. The lowest BCUT2D eigenvalue weighted by Gasteiger charge is -2.12. The van der Waals surface area contributed by atoms with E-state index in [0.29, 0.717) is 0 Å². The number of hydrogen-bond acceptors (Lipinski definition) is 1. The molecule has 0 aliphatic carbocycles. The van der Waals surface area contributed by atoms with Gasteiger partial charge in [-0.05, 0) is 43.2 Å². The molecule has 0 atom stereocenters. The second-order valence-electron chi connectivity index (χ2n) is 4.46. The van der Waals surface area contributed by atoms with Gasteiger partial charge < -0.3 is 9.88 Å². The Morgan fingerprint density at radius 2 is 2.06 bits per heavy atom. The molecule has 2 nitrogen and oxygen atoms in total. The minimum absolute atomic E-state index is 0.865. The first-order valence-corrected chi connectivity index (χ1v) is 7.14. The van der Waals surface area contributed by atoms with Gasteiger partial charge >= 0.3 is 0 Å². The number of anilines is 1. The smallest absolute Gasteiger partial charge is 0.0553 e. The fourth-order valence-electron chi connectivity index (χ4n) is 2.05. The van der Waals surface area contributed by atoms with Crippen molar-refractivity contribution in [3.63, 3.8) is 0 Å². The topological polar surface area (TPSA) is 17.0 Å². The van der Waals surface area contributed by atoms with E-state index in [1.165, 1.54) is 16.9 Å². The van der Waals surface area contributed by atoms with Crippen molar-refractivity contribution in [3.8, 4) is 0 Å². The zero-order valence-electron chi connectivity index (χ0n) is 10.9. The van der Waals surface area contributed by atoms with Crippen LogP contribution in [-0.4, -0.2) is 4.57 Å². The maximum atomic E-state index is 3.56. The van der Waals surface area contributed by atoms with Crippen LogP contribution >= 0.6 is 15.9 Å². The third-order valence-electron chi connectivity index (χ3n) is 3.12.